The highest BCUT2D eigenvalue weighted by atomic mass is 28.3. The summed E-state index contributed by atoms with van der Waals surface area (Å²) in [5.41, 5.74) is 4.68. The average molecular weight is 460 g/mol. The zero-order valence-corrected chi connectivity index (χ0v) is 19.4. The van der Waals surface area contributed by atoms with E-state index in [1.165, 1.54) is 0 Å². The normalized spacial score (nSPS) is 17.1. The third-order valence-corrected chi connectivity index (χ3v) is 10.7. The van der Waals surface area contributed by atoms with Crippen molar-refractivity contribution in [2.75, 3.05) is 0 Å². The standard InChI is InChI=1S/C25H22F5NSi/c1-12-13(2)17(16-10-6-8-15-9-7-11-31-23(15)16)24(14(12)3)32(4,5)25-21(29)19(27)18(26)20(28)22(25)30/h6-11,24H,1-5H3. The molecule has 1 heterocycles. The van der Waals surface area contributed by atoms with Crippen molar-refractivity contribution in [3.8, 4) is 0 Å². The second kappa shape index (κ2) is 7.66. The summed E-state index contributed by atoms with van der Waals surface area (Å²) in [6.07, 6.45) is 1.67. The Hall–Kier alpha value is -2.80. The lowest BCUT2D eigenvalue weighted by atomic mass is 9.97. The number of fused-ring (bicyclic) bond motifs is 1. The minimum atomic E-state index is -3.34. The molecule has 0 radical (unpaired) electrons. The fraction of sp³-hybridized carbons (Fsp3) is 0.240. The fourth-order valence-electron chi connectivity index (χ4n) is 5.04. The molecule has 1 unspecified atom stereocenters. The van der Waals surface area contributed by atoms with Crippen molar-refractivity contribution in [1.82, 2.24) is 4.98 Å². The smallest absolute Gasteiger partial charge is 0.200 e. The maximum absolute atomic E-state index is 14.9. The second-order valence-corrected chi connectivity index (χ2v) is 13.3. The van der Waals surface area contributed by atoms with Crippen molar-refractivity contribution < 1.29 is 22.0 Å². The first-order valence-electron chi connectivity index (χ1n) is 10.2. The van der Waals surface area contributed by atoms with Gasteiger partial charge in [0.25, 0.3) is 0 Å². The minimum absolute atomic E-state index is 0.483. The van der Waals surface area contributed by atoms with E-state index in [9.17, 15) is 22.0 Å². The van der Waals surface area contributed by atoms with E-state index < -0.39 is 47.9 Å². The molecule has 0 bridgehead atoms. The van der Waals surface area contributed by atoms with Gasteiger partial charge in [-0.2, -0.15) is 0 Å². The van der Waals surface area contributed by atoms with Crippen LogP contribution in [-0.4, -0.2) is 13.1 Å². The predicted molar refractivity (Wildman–Crippen MR) is 120 cm³/mol. The van der Waals surface area contributed by atoms with Crippen LogP contribution < -0.4 is 5.19 Å². The van der Waals surface area contributed by atoms with Gasteiger partial charge in [-0.25, -0.2) is 22.0 Å². The molecule has 0 aliphatic heterocycles. The molecule has 1 nitrogen and oxygen atoms in total. The molecule has 0 amide bonds. The van der Waals surface area contributed by atoms with Gasteiger partial charge in [-0.3, -0.25) is 4.98 Å². The van der Waals surface area contributed by atoms with Crippen molar-refractivity contribution in [3.05, 3.63) is 87.9 Å². The molecule has 4 rings (SSSR count). The Balaban J connectivity index is 2.02. The van der Waals surface area contributed by atoms with E-state index in [2.05, 4.69) is 4.98 Å². The minimum Gasteiger partial charge on any atom is -0.256 e. The van der Waals surface area contributed by atoms with Crippen LogP contribution in [-0.2, 0) is 0 Å². The number of pyridine rings is 1. The summed E-state index contributed by atoms with van der Waals surface area (Å²) in [6, 6.07) is 9.45. The van der Waals surface area contributed by atoms with E-state index in [4.69, 9.17) is 0 Å². The lowest BCUT2D eigenvalue weighted by Gasteiger charge is -2.35. The van der Waals surface area contributed by atoms with Gasteiger partial charge in [0, 0.05) is 27.9 Å². The highest BCUT2D eigenvalue weighted by Crippen LogP contribution is 2.52. The Morgan fingerprint density at radius 2 is 1.31 bits per heavy atom. The Kier molecular flexibility index (Phi) is 5.36. The molecule has 1 atom stereocenters. The molecule has 0 N–H and O–H groups in total. The van der Waals surface area contributed by atoms with E-state index in [-0.39, 0.29) is 0 Å². The van der Waals surface area contributed by atoms with Crippen LogP contribution >= 0.6 is 0 Å². The molecule has 0 fully saturated rings. The first kappa shape index (κ1) is 22.4. The Morgan fingerprint density at radius 1 is 0.750 bits per heavy atom. The molecule has 0 spiro atoms. The lowest BCUT2D eigenvalue weighted by Crippen LogP contribution is -2.51. The molecular weight excluding hydrogens is 437 g/mol. The molecule has 166 valence electrons. The fourth-order valence-corrected chi connectivity index (χ4v) is 9.08. The summed E-state index contributed by atoms with van der Waals surface area (Å²) in [5, 5.41) is 0.230. The van der Waals surface area contributed by atoms with E-state index in [1.54, 1.807) is 19.3 Å². The van der Waals surface area contributed by atoms with Crippen molar-refractivity contribution in [2.45, 2.75) is 39.4 Å². The van der Waals surface area contributed by atoms with Gasteiger partial charge >= 0.3 is 0 Å². The van der Waals surface area contributed by atoms with Crippen LogP contribution in [0.1, 0.15) is 26.3 Å². The van der Waals surface area contributed by atoms with Gasteiger partial charge in [-0.15, -0.1) is 0 Å². The molecule has 1 aliphatic rings. The van der Waals surface area contributed by atoms with E-state index in [0.717, 1.165) is 38.8 Å². The SMILES string of the molecule is CC1=C(C)C([Si](C)(C)c2c(F)c(F)c(F)c(F)c2F)C(c2cccc3cccnc23)=C1C. The van der Waals surface area contributed by atoms with Crippen LogP contribution in [0.4, 0.5) is 22.0 Å². The zero-order valence-electron chi connectivity index (χ0n) is 18.4. The van der Waals surface area contributed by atoms with Crippen molar-refractivity contribution >= 4 is 29.7 Å². The Morgan fingerprint density at radius 3 is 1.94 bits per heavy atom. The Bertz CT molecular complexity index is 1310. The van der Waals surface area contributed by atoms with E-state index >= 15 is 0 Å². The van der Waals surface area contributed by atoms with Crippen molar-refractivity contribution in [3.63, 3.8) is 0 Å². The van der Waals surface area contributed by atoms with Gasteiger partial charge in [-0.05, 0) is 43.6 Å². The summed E-state index contributed by atoms with van der Waals surface area (Å²) in [4.78, 5) is 4.52. The summed E-state index contributed by atoms with van der Waals surface area (Å²) in [5.74, 6) is -9.39. The average Bonchev–Trinajstić information content (AvgIpc) is 3.00. The Labute approximate surface area is 184 Å². The molecule has 32 heavy (non-hydrogen) atoms. The van der Waals surface area contributed by atoms with Gasteiger partial charge in [0.05, 0.1) is 5.52 Å². The summed E-state index contributed by atoms with van der Waals surface area (Å²) in [6.45, 7) is 9.04. The van der Waals surface area contributed by atoms with Gasteiger partial charge in [0.2, 0.25) is 5.82 Å². The molecule has 7 heteroatoms. The summed E-state index contributed by atoms with van der Waals surface area (Å²) < 4.78 is 71.8. The maximum atomic E-state index is 14.9. The van der Waals surface area contributed by atoms with Gasteiger partial charge in [0.15, 0.2) is 23.3 Å². The largest absolute Gasteiger partial charge is 0.256 e. The molecular formula is C25H22F5NSi. The van der Waals surface area contributed by atoms with Crippen LogP contribution in [0.5, 0.6) is 0 Å². The van der Waals surface area contributed by atoms with Crippen LogP contribution in [0.2, 0.25) is 18.6 Å². The van der Waals surface area contributed by atoms with Gasteiger partial charge in [-0.1, -0.05) is 42.9 Å². The molecule has 0 saturated carbocycles. The first-order chi connectivity index (χ1) is 15.0. The number of allylic oxidation sites excluding steroid dienone is 4. The van der Waals surface area contributed by atoms with Crippen LogP contribution in [0.3, 0.4) is 0 Å². The van der Waals surface area contributed by atoms with Crippen LogP contribution in [0.25, 0.3) is 16.5 Å². The van der Waals surface area contributed by atoms with Crippen LogP contribution in [0, 0.1) is 29.1 Å². The van der Waals surface area contributed by atoms with Crippen molar-refractivity contribution in [1.29, 1.82) is 0 Å². The third kappa shape index (κ3) is 3.05. The molecule has 2 aromatic carbocycles. The number of halogens is 5. The number of rotatable bonds is 3. The molecule has 3 aromatic rings. The predicted octanol–water partition coefficient (Wildman–Crippen LogP) is 7.04. The maximum Gasteiger partial charge on any atom is 0.200 e. The van der Waals surface area contributed by atoms with Crippen molar-refractivity contribution in [2.24, 2.45) is 0 Å². The zero-order chi connectivity index (χ0) is 23.5. The summed E-state index contributed by atoms with van der Waals surface area (Å²) >= 11 is 0. The van der Waals surface area contributed by atoms with E-state index in [1.807, 2.05) is 51.1 Å². The highest BCUT2D eigenvalue weighted by Gasteiger charge is 2.47. The quantitative estimate of drug-likeness (QED) is 0.177. The summed E-state index contributed by atoms with van der Waals surface area (Å²) in [7, 11) is -3.34. The number of aromatic nitrogens is 1. The molecule has 1 aliphatic carbocycles. The van der Waals surface area contributed by atoms with Gasteiger partial charge in [0.1, 0.15) is 8.07 Å². The topological polar surface area (TPSA) is 12.9 Å². The van der Waals surface area contributed by atoms with E-state index in [0.29, 0.717) is 0 Å². The molecule has 1 aromatic heterocycles. The number of hydrogen-bond acceptors (Lipinski definition) is 1. The first-order valence-corrected chi connectivity index (χ1v) is 13.3. The molecule has 0 saturated heterocycles. The number of benzene rings is 2. The number of para-hydroxylation sites is 1. The lowest BCUT2D eigenvalue weighted by molar-refractivity contribution is 0.383. The van der Waals surface area contributed by atoms with Crippen LogP contribution in [0.15, 0.2) is 53.2 Å². The second-order valence-electron chi connectivity index (χ2n) is 8.83. The number of hydrogen-bond donors (Lipinski definition) is 0. The van der Waals surface area contributed by atoms with Gasteiger partial charge < -0.3 is 0 Å². The third-order valence-electron chi connectivity index (χ3n) is 6.78. The number of nitrogens with zero attached hydrogens (tertiary/aromatic N) is 1. The monoisotopic (exact) mass is 459 g/mol. The highest BCUT2D eigenvalue weighted by molar-refractivity contribution is 6.93.